The summed E-state index contributed by atoms with van der Waals surface area (Å²) in [7, 11) is 0. The van der Waals surface area contributed by atoms with Crippen LogP contribution < -0.4 is 17.2 Å². The highest BCUT2D eigenvalue weighted by atomic mass is 16.5. The quantitative estimate of drug-likeness (QED) is 0.527. The minimum Gasteiger partial charge on any atom is -0.359 e. The van der Waals surface area contributed by atoms with Crippen LogP contribution in [0.4, 0.5) is 0 Å². The van der Waals surface area contributed by atoms with Crippen LogP contribution in [0.25, 0.3) is 0 Å². The van der Waals surface area contributed by atoms with Crippen molar-refractivity contribution < 1.29 is 9.47 Å². The van der Waals surface area contributed by atoms with Crippen LogP contribution in [0.5, 0.6) is 0 Å². The highest BCUT2D eigenvalue weighted by molar-refractivity contribution is 4.96. The van der Waals surface area contributed by atoms with E-state index in [0.717, 1.165) is 25.7 Å². The second-order valence-corrected chi connectivity index (χ2v) is 5.31. The lowest BCUT2D eigenvalue weighted by molar-refractivity contribution is -0.112. The standard InChI is InChI=1S/C14H33N3O2/c1-6-9-14(17,10(4)18-12(15)7-2)11(5)19-13(16)8-3/h10-13H,6-9,15-17H2,1-5H3. The van der Waals surface area contributed by atoms with Gasteiger partial charge < -0.3 is 26.7 Å². The van der Waals surface area contributed by atoms with Gasteiger partial charge in [0.15, 0.2) is 0 Å². The van der Waals surface area contributed by atoms with Crippen molar-refractivity contribution in [2.75, 3.05) is 0 Å². The van der Waals surface area contributed by atoms with Crippen LogP contribution in [0.15, 0.2) is 0 Å². The molecule has 0 spiro atoms. The molecule has 5 nitrogen and oxygen atoms in total. The molecule has 5 heteroatoms. The molecule has 116 valence electrons. The Morgan fingerprint density at radius 1 is 0.895 bits per heavy atom. The van der Waals surface area contributed by atoms with E-state index in [1.807, 2.05) is 27.7 Å². The normalized spacial score (nSPS) is 21.5. The van der Waals surface area contributed by atoms with E-state index in [1.165, 1.54) is 0 Å². The molecule has 0 bridgehead atoms. The van der Waals surface area contributed by atoms with Gasteiger partial charge in [-0.05, 0) is 33.1 Å². The minimum absolute atomic E-state index is 0.179. The Kier molecular flexibility index (Phi) is 8.78. The third kappa shape index (κ3) is 5.75. The van der Waals surface area contributed by atoms with Crippen molar-refractivity contribution in [3.63, 3.8) is 0 Å². The van der Waals surface area contributed by atoms with Gasteiger partial charge in [0.25, 0.3) is 0 Å². The maximum atomic E-state index is 6.54. The summed E-state index contributed by atoms with van der Waals surface area (Å²) in [6.07, 6.45) is 2.35. The van der Waals surface area contributed by atoms with Crippen LogP contribution in [0, 0.1) is 0 Å². The van der Waals surface area contributed by atoms with Gasteiger partial charge in [0.1, 0.15) is 12.5 Å². The molecule has 0 aromatic carbocycles. The van der Waals surface area contributed by atoms with Crippen molar-refractivity contribution in [2.24, 2.45) is 17.2 Å². The summed E-state index contributed by atoms with van der Waals surface area (Å²) >= 11 is 0. The molecule has 0 aliphatic carbocycles. The summed E-state index contributed by atoms with van der Waals surface area (Å²) in [4.78, 5) is 0. The fourth-order valence-electron chi connectivity index (χ4n) is 2.14. The van der Waals surface area contributed by atoms with Gasteiger partial charge in [0.05, 0.1) is 17.7 Å². The van der Waals surface area contributed by atoms with Crippen LogP contribution >= 0.6 is 0 Å². The van der Waals surface area contributed by atoms with E-state index in [-0.39, 0.29) is 24.7 Å². The Morgan fingerprint density at radius 3 is 1.53 bits per heavy atom. The molecule has 0 saturated heterocycles. The van der Waals surface area contributed by atoms with Crippen molar-refractivity contribution >= 4 is 0 Å². The molecule has 19 heavy (non-hydrogen) atoms. The topological polar surface area (TPSA) is 96.5 Å². The third-order valence-corrected chi connectivity index (χ3v) is 3.76. The van der Waals surface area contributed by atoms with Gasteiger partial charge in [0.2, 0.25) is 0 Å². The highest BCUT2D eigenvalue weighted by Gasteiger charge is 2.39. The monoisotopic (exact) mass is 275 g/mol. The predicted molar refractivity (Wildman–Crippen MR) is 79.5 cm³/mol. The zero-order valence-electron chi connectivity index (χ0n) is 13.2. The van der Waals surface area contributed by atoms with Crippen molar-refractivity contribution in [2.45, 2.75) is 90.5 Å². The van der Waals surface area contributed by atoms with Gasteiger partial charge in [-0.3, -0.25) is 0 Å². The van der Waals surface area contributed by atoms with Gasteiger partial charge in [-0.15, -0.1) is 0 Å². The Morgan fingerprint density at radius 2 is 1.26 bits per heavy atom. The number of ether oxygens (including phenoxy) is 2. The summed E-state index contributed by atoms with van der Waals surface area (Å²) in [5, 5.41) is 0. The van der Waals surface area contributed by atoms with Gasteiger partial charge in [-0.2, -0.15) is 0 Å². The average Bonchev–Trinajstić information content (AvgIpc) is 2.38. The molecule has 4 atom stereocenters. The first-order valence-corrected chi connectivity index (χ1v) is 7.42. The van der Waals surface area contributed by atoms with E-state index in [0.29, 0.717) is 0 Å². The summed E-state index contributed by atoms with van der Waals surface area (Å²) in [5.74, 6) is 0. The Hall–Kier alpha value is -0.200. The van der Waals surface area contributed by atoms with Crippen LogP contribution in [-0.2, 0) is 9.47 Å². The Balaban J connectivity index is 4.79. The summed E-state index contributed by atoms with van der Waals surface area (Å²) in [6, 6.07) is 0. The molecule has 0 saturated carbocycles. The number of hydrogen-bond donors (Lipinski definition) is 3. The van der Waals surface area contributed by atoms with Crippen molar-refractivity contribution in [3.05, 3.63) is 0 Å². The number of rotatable bonds is 10. The molecule has 0 aliphatic rings. The Labute approximate surface area is 118 Å². The minimum atomic E-state index is -0.575. The van der Waals surface area contributed by atoms with Crippen molar-refractivity contribution in [1.29, 1.82) is 0 Å². The lowest BCUT2D eigenvalue weighted by atomic mass is 9.84. The smallest absolute Gasteiger partial charge is 0.105 e. The first-order valence-electron chi connectivity index (χ1n) is 7.42. The van der Waals surface area contributed by atoms with E-state index in [9.17, 15) is 0 Å². The summed E-state index contributed by atoms with van der Waals surface area (Å²) in [5.41, 5.74) is 17.7. The number of hydrogen-bond acceptors (Lipinski definition) is 5. The van der Waals surface area contributed by atoms with Crippen molar-refractivity contribution in [1.82, 2.24) is 0 Å². The van der Waals surface area contributed by atoms with E-state index < -0.39 is 5.54 Å². The molecular formula is C14H33N3O2. The van der Waals surface area contributed by atoms with E-state index in [1.54, 1.807) is 0 Å². The molecule has 0 heterocycles. The maximum Gasteiger partial charge on any atom is 0.105 e. The van der Waals surface area contributed by atoms with E-state index in [4.69, 9.17) is 26.7 Å². The van der Waals surface area contributed by atoms with Gasteiger partial charge in [-0.1, -0.05) is 27.2 Å². The molecule has 4 unspecified atom stereocenters. The second-order valence-electron chi connectivity index (χ2n) is 5.31. The van der Waals surface area contributed by atoms with Crippen LogP contribution in [0.1, 0.15) is 60.3 Å². The zero-order chi connectivity index (χ0) is 15.1. The number of nitrogens with two attached hydrogens (primary N) is 3. The molecule has 0 fully saturated rings. The Bertz CT molecular complexity index is 221. The van der Waals surface area contributed by atoms with Crippen molar-refractivity contribution in [3.8, 4) is 0 Å². The molecule has 0 aromatic rings. The average molecular weight is 275 g/mol. The van der Waals surface area contributed by atoms with Gasteiger partial charge in [-0.25, -0.2) is 0 Å². The maximum absolute atomic E-state index is 6.54. The molecule has 0 amide bonds. The molecule has 0 aromatic heterocycles. The largest absolute Gasteiger partial charge is 0.359 e. The molecule has 6 N–H and O–H groups in total. The molecular weight excluding hydrogens is 242 g/mol. The fourth-order valence-corrected chi connectivity index (χ4v) is 2.14. The molecule has 0 aliphatic heterocycles. The summed E-state index contributed by atoms with van der Waals surface area (Å²) in [6.45, 7) is 10.00. The van der Waals surface area contributed by atoms with Gasteiger partial charge >= 0.3 is 0 Å². The van der Waals surface area contributed by atoms with Crippen LogP contribution in [0.3, 0.4) is 0 Å². The molecule has 0 rings (SSSR count). The van der Waals surface area contributed by atoms with E-state index >= 15 is 0 Å². The second kappa shape index (κ2) is 8.87. The van der Waals surface area contributed by atoms with Crippen LogP contribution in [0.2, 0.25) is 0 Å². The molecule has 0 radical (unpaired) electrons. The lowest BCUT2D eigenvalue weighted by Gasteiger charge is -2.41. The van der Waals surface area contributed by atoms with E-state index in [2.05, 4.69) is 6.92 Å². The predicted octanol–water partition coefficient (Wildman–Crippen LogP) is 1.68. The zero-order valence-corrected chi connectivity index (χ0v) is 13.2. The first kappa shape index (κ1) is 18.8. The highest BCUT2D eigenvalue weighted by Crippen LogP contribution is 2.25. The van der Waals surface area contributed by atoms with Gasteiger partial charge in [0, 0.05) is 0 Å². The first-order chi connectivity index (χ1) is 8.81. The lowest BCUT2D eigenvalue weighted by Crippen LogP contribution is -2.61. The fraction of sp³-hybridized carbons (Fsp3) is 1.00. The third-order valence-electron chi connectivity index (χ3n) is 3.76. The SMILES string of the molecule is CCCC(N)(C(C)OC(N)CC)C(C)OC(N)CC. The van der Waals surface area contributed by atoms with Crippen LogP contribution in [-0.4, -0.2) is 30.2 Å². The summed E-state index contributed by atoms with van der Waals surface area (Å²) < 4.78 is 11.6.